The first-order valence-corrected chi connectivity index (χ1v) is 4.10. The predicted octanol–water partition coefficient (Wildman–Crippen LogP) is 1.74. The maximum Gasteiger partial charge on any atom is 0.406 e. The van der Waals surface area contributed by atoms with Crippen molar-refractivity contribution in [2.75, 3.05) is 6.61 Å². The molecule has 0 N–H and O–H groups in total. The lowest BCUT2D eigenvalue weighted by Gasteiger charge is -2.15. The van der Waals surface area contributed by atoms with Gasteiger partial charge in [-0.25, -0.2) is 4.79 Å². The molecule has 0 aromatic carbocycles. The van der Waals surface area contributed by atoms with Gasteiger partial charge in [-0.2, -0.15) is 17.6 Å². The Labute approximate surface area is 84.5 Å². The molecule has 8 heteroatoms. The van der Waals surface area contributed by atoms with E-state index in [0.29, 0.717) is 0 Å². The number of halogens is 5. The Bertz CT molecular complexity index is 248. The van der Waals surface area contributed by atoms with E-state index in [0.717, 1.165) is 0 Å². The zero-order chi connectivity index (χ0) is 11.6. The van der Waals surface area contributed by atoms with Crippen molar-refractivity contribution in [3.63, 3.8) is 0 Å². The lowest BCUT2D eigenvalue weighted by Crippen LogP contribution is -2.46. The number of rotatable bonds is 4. The van der Waals surface area contributed by atoms with Crippen LogP contribution in [0.1, 0.15) is 6.92 Å². The molecule has 0 rings (SSSR count). The lowest BCUT2D eigenvalue weighted by atomic mass is 10.2. The van der Waals surface area contributed by atoms with Gasteiger partial charge in [0.2, 0.25) is 0 Å². The molecule has 0 aliphatic heterocycles. The number of carbonyl (C=O) groups is 2. The van der Waals surface area contributed by atoms with Crippen molar-refractivity contribution in [1.82, 2.24) is 0 Å². The van der Waals surface area contributed by atoms with Crippen molar-refractivity contribution < 1.29 is 31.9 Å². The second-order valence-corrected chi connectivity index (χ2v) is 3.12. The third-order valence-corrected chi connectivity index (χ3v) is 1.43. The van der Waals surface area contributed by atoms with Crippen LogP contribution in [-0.2, 0) is 14.3 Å². The molecular formula is C6H5BrF4O3. The first-order chi connectivity index (χ1) is 6.14. The Morgan fingerprint density at radius 1 is 1.29 bits per heavy atom. The van der Waals surface area contributed by atoms with Crippen LogP contribution in [0.3, 0.4) is 0 Å². The summed E-state index contributed by atoms with van der Waals surface area (Å²) < 4.78 is 53.1. The molecule has 0 bridgehead atoms. The highest BCUT2D eigenvalue weighted by molar-refractivity contribution is 9.10. The number of hydrogen-bond acceptors (Lipinski definition) is 3. The van der Waals surface area contributed by atoms with Crippen molar-refractivity contribution in [3.8, 4) is 0 Å². The van der Waals surface area contributed by atoms with Crippen LogP contribution < -0.4 is 0 Å². The third-order valence-electron chi connectivity index (χ3n) is 1.07. The van der Waals surface area contributed by atoms with E-state index in [1.54, 1.807) is 0 Å². The van der Waals surface area contributed by atoms with Gasteiger partial charge < -0.3 is 4.74 Å². The number of alkyl halides is 5. The van der Waals surface area contributed by atoms with E-state index in [2.05, 4.69) is 4.74 Å². The average molecular weight is 281 g/mol. The molecule has 0 aliphatic rings. The fraction of sp³-hybridized carbons (Fsp3) is 0.667. The molecule has 0 amide bonds. The number of Topliss-reactive ketones (excluding diaryl/α,β-unsaturated/α-hetero) is 1. The highest BCUT2D eigenvalue weighted by Gasteiger charge is 2.58. The number of ketones is 1. The highest BCUT2D eigenvalue weighted by atomic mass is 79.9. The van der Waals surface area contributed by atoms with Gasteiger partial charge in [0.05, 0.1) is 6.61 Å². The number of ether oxygens (including phenoxy) is 1. The molecule has 0 aromatic heterocycles. The molecule has 0 saturated carbocycles. The molecule has 0 radical (unpaired) electrons. The van der Waals surface area contributed by atoms with E-state index in [9.17, 15) is 27.2 Å². The molecule has 0 aromatic rings. The summed E-state index contributed by atoms with van der Waals surface area (Å²) in [5.41, 5.74) is 0. The number of hydrogen-bond donors (Lipinski definition) is 0. The minimum absolute atomic E-state index is 0.435. The Kier molecular flexibility index (Phi) is 4.04. The minimum Gasteiger partial charge on any atom is -0.461 e. The Morgan fingerprint density at radius 2 is 1.71 bits per heavy atom. The van der Waals surface area contributed by atoms with Crippen molar-refractivity contribution in [1.29, 1.82) is 0 Å². The molecule has 0 saturated heterocycles. The van der Waals surface area contributed by atoms with Gasteiger partial charge in [0.1, 0.15) is 0 Å². The number of carbonyl (C=O) groups excluding carboxylic acids is 2. The van der Waals surface area contributed by atoms with Gasteiger partial charge in [0.25, 0.3) is 5.78 Å². The van der Waals surface area contributed by atoms with Crippen molar-refractivity contribution in [2.45, 2.75) is 17.7 Å². The Morgan fingerprint density at radius 3 is 2.00 bits per heavy atom. The van der Waals surface area contributed by atoms with Gasteiger partial charge in [-0.1, -0.05) is 0 Å². The molecule has 14 heavy (non-hydrogen) atoms. The van der Waals surface area contributed by atoms with Crippen LogP contribution in [0.4, 0.5) is 17.6 Å². The molecule has 82 valence electrons. The van der Waals surface area contributed by atoms with Gasteiger partial charge >= 0.3 is 16.7 Å². The fourth-order valence-electron chi connectivity index (χ4n) is 0.492. The van der Waals surface area contributed by atoms with Crippen LogP contribution in [-0.4, -0.2) is 29.1 Å². The van der Waals surface area contributed by atoms with Crippen LogP contribution in [0, 0.1) is 0 Å². The van der Waals surface area contributed by atoms with E-state index < -0.39 is 29.1 Å². The van der Waals surface area contributed by atoms with Crippen LogP contribution in [0.15, 0.2) is 0 Å². The van der Waals surface area contributed by atoms with Gasteiger partial charge in [-0.05, 0) is 22.9 Å². The Hall–Kier alpha value is -0.660. The van der Waals surface area contributed by atoms with Crippen LogP contribution in [0.2, 0.25) is 0 Å². The van der Waals surface area contributed by atoms with E-state index in [1.165, 1.54) is 22.9 Å². The monoisotopic (exact) mass is 280 g/mol. The first-order valence-electron chi connectivity index (χ1n) is 3.30. The maximum atomic E-state index is 12.6. The van der Waals surface area contributed by atoms with Gasteiger partial charge in [0, 0.05) is 0 Å². The Balaban J connectivity index is 4.79. The fourth-order valence-corrected chi connectivity index (χ4v) is 0.741. The molecule has 0 unspecified atom stereocenters. The summed E-state index contributed by atoms with van der Waals surface area (Å²) in [7, 11) is 0. The summed E-state index contributed by atoms with van der Waals surface area (Å²) in [5.74, 6) is -9.98. The van der Waals surface area contributed by atoms with E-state index >= 15 is 0 Å². The predicted molar refractivity (Wildman–Crippen MR) is 40.5 cm³/mol. The normalized spacial score (nSPS) is 12.4. The topological polar surface area (TPSA) is 43.4 Å². The quantitative estimate of drug-likeness (QED) is 0.341. The smallest absolute Gasteiger partial charge is 0.406 e. The molecule has 0 heterocycles. The second kappa shape index (κ2) is 4.24. The standard InChI is InChI=1S/C6H5BrF4O3/c1-2-14-4(13)5(8,9)3(12)6(7,10)11/h2H2,1H3. The van der Waals surface area contributed by atoms with Gasteiger partial charge in [-0.15, -0.1) is 0 Å². The summed E-state index contributed by atoms with van der Waals surface area (Å²) in [4.78, 5) is 16.3. The summed E-state index contributed by atoms with van der Waals surface area (Å²) in [6.07, 6.45) is 0. The van der Waals surface area contributed by atoms with Crippen LogP contribution >= 0.6 is 15.9 Å². The molecule has 0 spiro atoms. The van der Waals surface area contributed by atoms with Gasteiger partial charge in [-0.3, -0.25) is 4.79 Å². The summed E-state index contributed by atoms with van der Waals surface area (Å²) in [6, 6.07) is 0. The largest absolute Gasteiger partial charge is 0.461 e. The lowest BCUT2D eigenvalue weighted by molar-refractivity contribution is -0.182. The molecular weight excluding hydrogens is 276 g/mol. The van der Waals surface area contributed by atoms with Gasteiger partial charge in [0.15, 0.2) is 0 Å². The van der Waals surface area contributed by atoms with E-state index in [1.807, 2.05) is 0 Å². The zero-order valence-corrected chi connectivity index (χ0v) is 8.41. The minimum atomic E-state index is -4.84. The molecule has 0 fully saturated rings. The zero-order valence-electron chi connectivity index (χ0n) is 6.82. The van der Waals surface area contributed by atoms with E-state index in [-0.39, 0.29) is 0 Å². The number of esters is 1. The summed E-state index contributed by atoms with van der Waals surface area (Å²) in [6.45, 7) is 0.764. The SMILES string of the molecule is CCOC(=O)C(F)(F)C(=O)C(F)(F)Br. The summed E-state index contributed by atoms with van der Waals surface area (Å²) in [5, 5.41) is 0. The average Bonchev–Trinajstić information content (AvgIpc) is 2.01. The molecule has 0 atom stereocenters. The first kappa shape index (κ1) is 13.3. The highest BCUT2D eigenvalue weighted by Crippen LogP contribution is 2.32. The van der Waals surface area contributed by atoms with Crippen molar-refractivity contribution >= 4 is 27.7 Å². The van der Waals surface area contributed by atoms with Crippen molar-refractivity contribution in [2.24, 2.45) is 0 Å². The summed E-state index contributed by atoms with van der Waals surface area (Å²) >= 11 is 1.43. The third kappa shape index (κ3) is 2.93. The second-order valence-electron chi connectivity index (χ2n) is 2.12. The maximum absolute atomic E-state index is 12.6. The van der Waals surface area contributed by atoms with Crippen LogP contribution in [0.25, 0.3) is 0 Å². The van der Waals surface area contributed by atoms with E-state index in [4.69, 9.17) is 0 Å². The van der Waals surface area contributed by atoms with Crippen molar-refractivity contribution in [3.05, 3.63) is 0 Å². The molecule has 0 aliphatic carbocycles. The van der Waals surface area contributed by atoms with Crippen LogP contribution in [0.5, 0.6) is 0 Å². The molecule has 3 nitrogen and oxygen atoms in total.